The molecule has 0 heteroatoms. The highest BCUT2D eigenvalue weighted by Crippen LogP contribution is 2.32. The van der Waals surface area contributed by atoms with Gasteiger partial charge in [-0.3, -0.25) is 0 Å². The molecule has 0 N–H and O–H groups in total. The quantitative estimate of drug-likeness (QED) is 0.639. The summed E-state index contributed by atoms with van der Waals surface area (Å²) in [7, 11) is 0. The molecule has 2 atom stereocenters. The molecule has 0 spiro atoms. The summed E-state index contributed by atoms with van der Waals surface area (Å²) in [5.74, 6) is 1.36. The van der Waals surface area contributed by atoms with E-state index >= 15 is 0 Å². The Bertz CT molecular complexity index is 572. The molecule has 0 aromatic heterocycles. The highest BCUT2D eigenvalue weighted by Gasteiger charge is 2.19. The molecule has 0 heterocycles. The van der Waals surface area contributed by atoms with Crippen molar-refractivity contribution in [2.24, 2.45) is 11.8 Å². The van der Waals surface area contributed by atoms with Gasteiger partial charge in [0.2, 0.25) is 0 Å². The number of aryl methyl sites for hydroxylation is 2. The van der Waals surface area contributed by atoms with Crippen molar-refractivity contribution in [2.45, 2.75) is 60.8 Å². The Labute approximate surface area is 131 Å². The van der Waals surface area contributed by atoms with Gasteiger partial charge in [-0.25, -0.2) is 0 Å². The lowest BCUT2D eigenvalue weighted by atomic mass is 9.79. The molecular formula is C21H30. The van der Waals surface area contributed by atoms with E-state index in [0.717, 1.165) is 12.8 Å². The van der Waals surface area contributed by atoms with E-state index in [1.54, 1.807) is 5.57 Å². The summed E-state index contributed by atoms with van der Waals surface area (Å²) in [6.07, 6.45) is 8.31. The van der Waals surface area contributed by atoms with Crippen molar-refractivity contribution in [3.63, 3.8) is 0 Å². The fourth-order valence-electron chi connectivity index (χ4n) is 3.49. The summed E-state index contributed by atoms with van der Waals surface area (Å²) in [5.41, 5.74) is 8.98. The largest absolute Gasteiger partial charge is 0.0776 e. The molecule has 2 rings (SSSR count). The second-order valence-corrected chi connectivity index (χ2v) is 6.69. The molecule has 21 heavy (non-hydrogen) atoms. The molecule has 0 bridgehead atoms. The second kappa shape index (κ2) is 6.64. The first-order valence-corrected chi connectivity index (χ1v) is 8.46. The highest BCUT2D eigenvalue weighted by atomic mass is 14.2. The third-order valence-corrected chi connectivity index (χ3v) is 5.25. The van der Waals surface area contributed by atoms with Crippen LogP contribution in [0.15, 0.2) is 35.4 Å². The predicted octanol–water partition coefficient (Wildman–Crippen LogP) is 5.96. The second-order valence-electron chi connectivity index (χ2n) is 6.69. The Balaban J connectivity index is 2.28. The van der Waals surface area contributed by atoms with Crippen molar-refractivity contribution in [1.82, 2.24) is 0 Å². The molecule has 0 radical (unpaired) electrons. The smallest absolute Gasteiger partial charge is 0.00286 e. The molecule has 0 saturated carbocycles. The Morgan fingerprint density at radius 1 is 1.00 bits per heavy atom. The number of hydrogen-bond donors (Lipinski definition) is 0. The zero-order chi connectivity index (χ0) is 15.6. The molecule has 114 valence electrons. The van der Waals surface area contributed by atoms with Gasteiger partial charge in [0.25, 0.3) is 0 Å². The van der Waals surface area contributed by atoms with E-state index in [1.165, 1.54) is 34.2 Å². The lowest BCUT2D eigenvalue weighted by Gasteiger charge is -2.26. The molecule has 0 amide bonds. The van der Waals surface area contributed by atoms with E-state index in [2.05, 4.69) is 65.8 Å². The number of benzene rings is 1. The zero-order valence-electron chi connectivity index (χ0n) is 14.6. The van der Waals surface area contributed by atoms with E-state index < -0.39 is 0 Å². The minimum atomic E-state index is 0.664. The molecule has 2 unspecified atom stereocenters. The summed E-state index contributed by atoms with van der Waals surface area (Å²) < 4.78 is 0. The molecule has 1 aliphatic carbocycles. The Morgan fingerprint density at radius 2 is 1.71 bits per heavy atom. The van der Waals surface area contributed by atoms with Crippen molar-refractivity contribution in [2.75, 3.05) is 0 Å². The third kappa shape index (κ3) is 3.48. The molecule has 1 aliphatic rings. The van der Waals surface area contributed by atoms with E-state index in [1.807, 2.05) is 0 Å². The highest BCUT2D eigenvalue weighted by molar-refractivity contribution is 5.42. The SMILES string of the molecule is CCC1=CC(Cc2cc(C)c(C)c(CC)c2)=CC(C)C1C. The summed E-state index contributed by atoms with van der Waals surface area (Å²) in [6.45, 7) is 13.7. The summed E-state index contributed by atoms with van der Waals surface area (Å²) in [4.78, 5) is 0. The maximum atomic E-state index is 2.48. The van der Waals surface area contributed by atoms with Crippen LogP contribution in [0.4, 0.5) is 0 Å². The van der Waals surface area contributed by atoms with E-state index in [-0.39, 0.29) is 0 Å². The van der Waals surface area contributed by atoms with Crippen LogP contribution in [0.1, 0.15) is 56.4 Å². The normalized spacial score (nSPS) is 22.0. The van der Waals surface area contributed by atoms with Crippen LogP contribution in [0.25, 0.3) is 0 Å². The molecule has 0 nitrogen and oxygen atoms in total. The van der Waals surface area contributed by atoms with Crippen molar-refractivity contribution in [3.8, 4) is 0 Å². The third-order valence-electron chi connectivity index (χ3n) is 5.25. The lowest BCUT2D eigenvalue weighted by molar-refractivity contribution is 0.505. The number of rotatable bonds is 4. The molecule has 1 aromatic rings. The van der Waals surface area contributed by atoms with Gasteiger partial charge in [-0.15, -0.1) is 0 Å². The number of allylic oxidation sites excluding steroid dienone is 4. The molecule has 0 fully saturated rings. The minimum Gasteiger partial charge on any atom is -0.0776 e. The first-order valence-electron chi connectivity index (χ1n) is 8.46. The van der Waals surface area contributed by atoms with Crippen molar-refractivity contribution in [3.05, 3.63) is 57.7 Å². The van der Waals surface area contributed by atoms with Gasteiger partial charge < -0.3 is 0 Å². The van der Waals surface area contributed by atoms with Crippen LogP contribution in [-0.4, -0.2) is 0 Å². The van der Waals surface area contributed by atoms with Crippen molar-refractivity contribution >= 4 is 0 Å². The van der Waals surface area contributed by atoms with Crippen molar-refractivity contribution in [1.29, 1.82) is 0 Å². The average Bonchev–Trinajstić information content (AvgIpc) is 2.46. The summed E-state index contributed by atoms with van der Waals surface area (Å²) in [6, 6.07) is 4.78. The molecule has 0 saturated heterocycles. The van der Waals surface area contributed by atoms with Gasteiger partial charge in [0.1, 0.15) is 0 Å². The first kappa shape index (κ1) is 16.1. The average molecular weight is 282 g/mol. The Morgan fingerprint density at radius 3 is 2.33 bits per heavy atom. The Hall–Kier alpha value is -1.30. The minimum absolute atomic E-state index is 0.664. The van der Waals surface area contributed by atoms with Gasteiger partial charge in [0.05, 0.1) is 0 Å². The maximum absolute atomic E-state index is 2.48. The van der Waals surface area contributed by atoms with Gasteiger partial charge in [-0.05, 0) is 72.8 Å². The topological polar surface area (TPSA) is 0 Å². The van der Waals surface area contributed by atoms with Crippen molar-refractivity contribution < 1.29 is 0 Å². The summed E-state index contributed by atoms with van der Waals surface area (Å²) in [5, 5.41) is 0. The fraction of sp³-hybridized carbons (Fsp3) is 0.524. The lowest BCUT2D eigenvalue weighted by Crippen LogP contribution is -2.14. The Kier molecular flexibility index (Phi) is 5.08. The van der Waals surface area contributed by atoms with Gasteiger partial charge in [-0.2, -0.15) is 0 Å². The molecule has 1 aromatic carbocycles. The van der Waals surface area contributed by atoms with Crippen LogP contribution in [-0.2, 0) is 12.8 Å². The van der Waals surface area contributed by atoms with E-state index in [0.29, 0.717) is 11.8 Å². The van der Waals surface area contributed by atoms with Gasteiger partial charge in [0, 0.05) is 0 Å². The van der Waals surface area contributed by atoms with Gasteiger partial charge in [0.15, 0.2) is 0 Å². The summed E-state index contributed by atoms with van der Waals surface area (Å²) >= 11 is 0. The van der Waals surface area contributed by atoms with Gasteiger partial charge in [-0.1, -0.05) is 57.6 Å². The standard InChI is InChI=1S/C21H30/c1-7-20-12-18(9-14(3)16(20)5)11-19-10-15(4)17(6)21(8-2)13-19/h9-10,12-14,16H,7-8,11H2,1-6H3. The fourth-order valence-corrected chi connectivity index (χ4v) is 3.49. The van der Waals surface area contributed by atoms with Crippen LogP contribution in [0.2, 0.25) is 0 Å². The van der Waals surface area contributed by atoms with E-state index in [9.17, 15) is 0 Å². The zero-order valence-corrected chi connectivity index (χ0v) is 14.6. The molecule has 0 aliphatic heterocycles. The van der Waals surface area contributed by atoms with Crippen LogP contribution >= 0.6 is 0 Å². The maximum Gasteiger partial charge on any atom is -0.00286 e. The van der Waals surface area contributed by atoms with E-state index in [4.69, 9.17) is 0 Å². The van der Waals surface area contributed by atoms with Crippen LogP contribution in [0.3, 0.4) is 0 Å². The monoisotopic (exact) mass is 282 g/mol. The van der Waals surface area contributed by atoms with Gasteiger partial charge >= 0.3 is 0 Å². The van der Waals surface area contributed by atoms with Crippen LogP contribution in [0.5, 0.6) is 0 Å². The van der Waals surface area contributed by atoms with Crippen LogP contribution in [0, 0.1) is 25.7 Å². The first-order chi connectivity index (χ1) is 9.96. The molecular weight excluding hydrogens is 252 g/mol. The number of hydrogen-bond acceptors (Lipinski definition) is 0. The van der Waals surface area contributed by atoms with Crippen LogP contribution < -0.4 is 0 Å². The predicted molar refractivity (Wildman–Crippen MR) is 93.8 cm³/mol.